The van der Waals surface area contributed by atoms with E-state index in [0.717, 1.165) is 11.8 Å². The topological polar surface area (TPSA) is 0 Å². The number of benzene rings is 1. The SMILES string of the molecule is C/C=C/CC[C@H]1CC[C@H](C2(c3ccc(CCC)cc3)C=CC=CC2)CC1. The van der Waals surface area contributed by atoms with Crippen LogP contribution in [0, 0.1) is 11.8 Å². The minimum atomic E-state index is 0.230. The molecule has 0 bridgehead atoms. The Morgan fingerprint density at radius 3 is 2.42 bits per heavy atom. The Morgan fingerprint density at radius 1 is 1.04 bits per heavy atom. The van der Waals surface area contributed by atoms with Gasteiger partial charge in [-0.05, 0) is 68.4 Å². The number of rotatable bonds is 7. The Morgan fingerprint density at radius 2 is 1.81 bits per heavy atom. The van der Waals surface area contributed by atoms with Gasteiger partial charge in [0.25, 0.3) is 0 Å². The van der Waals surface area contributed by atoms with Crippen molar-refractivity contribution in [2.45, 2.75) is 77.0 Å². The molecule has 2 aliphatic carbocycles. The molecule has 1 aromatic carbocycles. The maximum atomic E-state index is 2.52. The summed E-state index contributed by atoms with van der Waals surface area (Å²) in [5, 5.41) is 0. The second kappa shape index (κ2) is 9.40. The van der Waals surface area contributed by atoms with Gasteiger partial charge in [0, 0.05) is 5.41 Å². The molecule has 0 radical (unpaired) electrons. The maximum Gasteiger partial charge on any atom is 0.0198 e. The zero-order valence-corrected chi connectivity index (χ0v) is 16.8. The fourth-order valence-corrected chi connectivity index (χ4v) is 5.12. The molecule has 0 heterocycles. The van der Waals surface area contributed by atoms with E-state index >= 15 is 0 Å². The normalized spacial score (nSPS) is 28.7. The Kier molecular flexibility index (Phi) is 6.94. The lowest BCUT2D eigenvalue weighted by atomic mass is 9.61. The van der Waals surface area contributed by atoms with Crippen LogP contribution in [0.25, 0.3) is 0 Å². The van der Waals surface area contributed by atoms with Gasteiger partial charge in [-0.15, -0.1) is 0 Å². The van der Waals surface area contributed by atoms with Gasteiger partial charge in [0.2, 0.25) is 0 Å². The number of allylic oxidation sites excluding steroid dienone is 6. The highest BCUT2D eigenvalue weighted by Gasteiger charge is 2.39. The molecule has 1 fully saturated rings. The first-order chi connectivity index (χ1) is 12.8. The molecule has 1 unspecified atom stereocenters. The Bertz CT molecular complexity index is 623. The van der Waals surface area contributed by atoms with Gasteiger partial charge >= 0.3 is 0 Å². The monoisotopic (exact) mass is 348 g/mol. The van der Waals surface area contributed by atoms with E-state index in [2.05, 4.69) is 74.6 Å². The van der Waals surface area contributed by atoms with Crippen LogP contribution in [0.5, 0.6) is 0 Å². The van der Waals surface area contributed by atoms with Gasteiger partial charge in [0.15, 0.2) is 0 Å². The van der Waals surface area contributed by atoms with Crippen LogP contribution in [-0.4, -0.2) is 0 Å². The molecule has 1 aromatic rings. The summed E-state index contributed by atoms with van der Waals surface area (Å²) in [4.78, 5) is 0. The first-order valence-electron chi connectivity index (χ1n) is 10.8. The second-order valence-corrected chi connectivity index (χ2v) is 8.34. The van der Waals surface area contributed by atoms with Crippen LogP contribution in [0.3, 0.4) is 0 Å². The molecular weight excluding hydrogens is 312 g/mol. The van der Waals surface area contributed by atoms with Crippen LogP contribution < -0.4 is 0 Å². The van der Waals surface area contributed by atoms with E-state index in [4.69, 9.17) is 0 Å². The van der Waals surface area contributed by atoms with Gasteiger partial charge < -0.3 is 0 Å². The molecule has 26 heavy (non-hydrogen) atoms. The van der Waals surface area contributed by atoms with Crippen molar-refractivity contribution in [3.63, 3.8) is 0 Å². The fourth-order valence-electron chi connectivity index (χ4n) is 5.12. The van der Waals surface area contributed by atoms with Crippen LogP contribution in [0.4, 0.5) is 0 Å². The van der Waals surface area contributed by atoms with Crippen molar-refractivity contribution in [3.8, 4) is 0 Å². The van der Waals surface area contributed by atoms with Crippen LogP contribution in [-0.2, 0) is 11.8 Å². The summed E-state index contributed by atoms with van der Waals surface area (Å²) in [6.45, 7) is 4.40. The van der Waals surface area contributed by atoms with Crippen molar-refractivity contribution in [2.24, 2.45) is 11.8 Å². The summed E-state index contributed by atoms with van der Waals surface area (Å²) in [5.41, 5.74) is 3.25. The standard InChI is InChI=1S/C26H36/c1-3-5-7-11-23-14-18-25(19-15-23)26(20-8-6-9-21-26)24-16-12-22(10-4-2)13-17-24/h3,5-6,8-9,12-13,16-17,20,23,25H,4,7,10-11,14-15,18-19,21H2,1-2H3/b5-3+/t23-,25-,26?. The second-order valence-electron chi connectivity index (χ2n) is 8.34. The van der Waals surface area contributed by atoms with Gasteiger partial charge in [-0.3, -0.25) is 0 Å². The van der Waals surface area contributed by atoms with Gasteiger partial charge in [-0.1, -0.05) is 86.9 Å². The highest BCUT2D eigenvalue weighted by molar-refractivity contribution is 5.38. The maximum absolute atomic E-state index is 2.52. The summed E-state index contributed by atoms with van der Waals surface area (Å²) >= 11 is 0. The van der Waals surface area contributed by atoms with E-state index in [-0.39, 0.29) is 5.41 Å². The smallest absolute Gasteiger partial charge is 0.0198 e. The number of hydrogen-bond acceptors (Lipinski definition) is 0. The lowest BCUT2D eigenvalue weighted by Crippen LogP contribution is -2.36. The van der Waals surface area contributed by atoms with E-state index in [1.807, 2.05) is 0 Å². The molecule has 2 aliphatic rings. The predicted molar refractivity (Wildman–Crippen MR) is 115 cm³/mol. The van der Waals surface area contributed by atoms with E-state index in [0.29, 0.717) is 0 Å². The van der Waals surface area contributed by atoms with Crippen molar-refractivity contribution in [2.75, 3.05) is 0 Å². The van der Waals surface area contributed by atoms with E-state index in [1.54, 1.807) is 0 Å². The van der Waals surface area contributed by atoms with Crippen molar-refractivity contribution < 1.29 is 0 Å². The molecule has 0 aliphatic heterocycles. The third kappa shape index (κ3) is 4.40. The average Bonchev–Trinajstić information content (AvgIpc) is 2.70. The highest BCUT2D eigenvalue weighted by atomic mass is 14.4. The molecule has 0 amide bonds. The van der Waals surface area contributed by atoms with Crippen LogP contribution in [0.2, 0.25) is 0 Å². The van der Waals surface area contributed by atoms with E-state index < -0.39 is 0 Å². The molecule has 140 valence electrons. The van der Waals surface area contributed by atoms with Crippen molar-refractivity contribution >= 4 is 0 Å². The molecule has 0 spiro atoms. The zero-order valence-electron chi connectivity index (χ0n) is 16.8. The lowest BCUT2D eigenvalue weighted by Gasteiger charge is -2.43. The zero-order chi connectivity index (χ0) is 18.2. The molecule has 0 saturated heterocycles. The van der Waals surface area contributed by atoms with E-state index in [9.17, 15) is 0 Å². The molecule has 0 nitrogen and oxygen atoms in total. The quantitative estimate of drug-likeness (QED) is 0.446. The molecule has 0 aromatic heterocycles. The molecule has 3 rings (SSSR count). The highest BCUT2D eigenvalue weighted by Crippen LogP contribution is 2.47. The molecule has 0 N–H and O–H groups in total. The minimum absolute atomic E-state index is 0.230. The summed E-state index contributed by atoms with van der Waals surface area (Å²) in [7, 11) is 0. The summed E-state index contributed by atoms with van der Waals surface area (Å²) in [5.74, 6) is 1.73. The average molecular weight is 349 g/mol. The molecule has 1 saturated carbocycles. The summed E-state index contributed by atoms with van der Waals surface area (Å²) in [6.07, 6.45) is 25.8. The minimum Gasteiger partial charge on any atom is -0.0917 e. The van der Waals surface area contributed by atoms with Crippen LogP contribution >= 0.6 is 0 Å². The molecular formula is C26H36. The summed E-state index contributed by atoms with van der Waals surface area (Å²) in [6, 6.07) is 9.59. The first-order valence-corrected chi connectivity index (χ1v) is 10.8. The van der Waals surface area contributed by atoms with Crippen molar-refractivity contribution in [1.29, 1.82) is 0 Å². The Hall–Kier alpha value is -1.56. The fraction of sp³-hybridized carbons (Fsp3) is 0.538. The van der Waals surface area contributed by atoms with E-state index in [1.165, 1.54) is 68.9 Å². The van der Waals surface area contributed by atoms with Gasteiger partial charge in [0.1, 0.15) is 0 Å². The third-order valence-electron chi connectivity index (χ3n) is 6.68. The van der Waals surface area contributed by atoms with Crippen molar-refractivity contribution in [3.05, 3.63) is 71.8 Å². The van der Waals surface area contributed by atoms with Gasteiger partial charge in [-0.2, -0.15) is 0 Å². The Balaban J connectivity index is 1.72. The molecule has 1 atom stereocenters. The van der Waals surface area contributed by atoms with Crippen molar-refractivity contribution in [1.82, 2.24) is 0 Å². The van der Waals surface area contributed by atoms with Gasteiger partial charge in [-0.25, -0.2) is 0 Å². The Labute approximate surface area is 161 Å². The first kappa shape index (κ1) is 19.2. The third-order valence-corrected chi connectivity index (χ3v) is 6.68. The predicted octanol–water partition coefficient (Wildman–Crippen LogP) is 7.56. The molecule has 0 heteroatoms. The van der Waals surface area contributed by atoms with Crippen LogP contribution in [0.1, 0.15) is 76.3 Å². The lowest BCUT2D eigenvalue weighted by molar-refractivity contribution is 0.195. The van der Waals surface area contributed by atoms with Gasteiger partial charge in [0.05, 0.1) is 0 Å². The number of hydrogen-bond donors (Lipinski definition) is 0. The number of aryl methyl sites for hydroxylation is 1. The largest absolute Gasteiger partial charge is 0.0917 e. The van der Waals surface area contributed by atoms with Crippen LogP contribution in [0.15, 0.2) is 60.7 Å². The summed E-state index contributed by atoms with van der Waals surface area (Å²) < 4.78 is 0.